The number of ether oxygens (including phenoxy) is 1. The first-order chi connectivity index (χ1) is 12.3. The summed E-state index contributed by atoms with van der Waals surface area (Å²) in [6.07, 6.45) is 5.72. The Morgan fingerprint density at radius 2 is 2.00 bits per heavy atom. The molecule has 5 nitrogen and oxygen atoms in total. The molecule has 1 aromatic heterocycles. The zero-order chi connectivity index (χ0) is 17.1. The molecule has 0 spiro atoms. The van der Waals surface area contributed by atoms with Crippen LogP contribution in [0.3, 0.4) is 0 Å². The van der Waals surface area contributed by atoms with E-state index in [-0.39, 0.29) is 5.91 Å². The number of fused-ring (bicyclic) bond motifs is 1. The van der Waals surface area contributed by atoms with Gasteiger partial charge in [-0.25, -0.2) is 4.98 Å². The van der Waals surface area contributed by atoms with Gasteiger partial charge in [0.1, 0.15) is 11.6 Å². The Labute approximate surface area is 148 Å². The van der Waals surface area contributed by atoms with Gasteiger partial charge in [-0.05, 0) is 37.0 Å². The third kappa shape index (κ3) is 3.45. The molecule has 4 rings (SSSR count). The number of nitrogens with one attached hydrogen (secondary N) is 1. The molecule has 1 N–H and O–H groups in total. The normalized spacial score (nSPS) is 19.2. The second-order valence-electron chi connectivity index (χ2n) is 6.67. The zero-order valence-corrected chi connectivity index (χ0v) is 14.3. The molecule has 3 heterocycles. The lowest BCUT2D eigenvalue weighted by molar-refractivity contribution is -0.127. The largest absolute Gasteiger partial charge is 0.480 e. The lowest BCUT2D eigenvalue weighted by atomic mass is 10.1. The Morgan fingerprint density at radius 1 is 1.16 bits per heavy atom. The molecule has 0 saturated carbocycles. The van der Waals surface area contributed by atoms with Crippen LogP contribution in [-0.4, -0.2) is 30.1 Å². The molecule has 1 aromatic carbocycles. The maximum absolute atomic E-state index is 12.5. The van der Waals surface area contributed by atoms with E-state index in [4.69, 9.17) is 4.74 Å². The summed E-state index contributed by atoms with van der Waals surface area (Å²) in [6.45, 7) is 2.56. The Balaban J connectivity index is 1.39. The Hall–Kier alpha value is -2.56. The van der Waals surface area contributed by atoms with Gasteiger partial charge in [0, 0.05) is 37.8 Å². The van der Waals surface area contributed by atoms with E-state index in [9.17, 15) is 4.79 Å². The van der Waals surface area contributed by atoms with Gasteiger partial charge in [0.15, 0.2) is 6.10 Å². The van der Waals surface area contributed by atoms with Gasteiger partial charge < -0.3 is 15.0 Å². The molecular formula is C20H23N3O2. The smallest absolute Gasteiger partial charge is 0.261 e. The quantitative estimate of drug-likeness (QED) is 0.932. The maximum atomic E-state index is 12.5. The number of rotatable bonds is 4. The molecule has 5 heteroatoms. The standard InChI is InChI=1S/C20H23N3O2/c24-20(18-13-15-7-2-3-9-17(15)25-18)22-14-16-8-6-10-21-19(16)23-11-4-1-5-12-23/h2-3,6-10,18H,1,4-5,11-14H2,(H,22,24)/t18-/m0/s1. The zero-order valence-electron chi connectivity index (χ0n) is 14.3. The van der Waals surface area contributed by atoms with Crippen LogP contribution >= 0.6 is 0 Å². The molecule has 1 amide bonds. The van der Waals surface area contributed by atoms with Crippen molar-refractivity contribution in [3.63, 3.8) is 0 Å². The molecule has 1 fully saturated rings. The molecule has 0 bridgehead atoms. The fourth-order valence-electron chi connectivity index (χ4n) is 3.58. The van der Waals surface area contributed by atoms with E-state index in [1.54, 1.807) is 0 Å². The highest BCUT2D eigenvalue weighted by Crippen LogP contribution is 2.28. The van der Waals surface area contributed by atoms with Crippen molar-refractivity contribution in [2.45, 2.75) is 38.3 Å². The van der Waals surface area contributed by atoms with Crippen LogP contribution in [-0.2, 0) is 17.8 Å². The van der Waals surface area contributed by atoms with Crippen molar-refractivity contribution in [2.24, 2.45) is 0 Å². The summed E-state index contributed by atoms with van der Waals surface area (Å²) in [5, 5.41) is 3.02. The molecule has 25 heavy (non-hydrogen) atoms. The van der Waals surface area contributed by atoms with Crippen molar-refractivity contribution < 1.29 is 9.53 Å². The monoisotopic (exact) mass is 337 g/mol. The molecule has 0 unspecified atom stereocenters. The molecule has 0 radical (unpaired) electrons. The number of aromatic nitrogens is 1. The van der Waals surface area contributed by atoms with Crippen LogP contribution in [0.15, 0.2) is 42.6 Å². The van der Waals surface area contributed by atoms with Gasteiger partial charge in [0.05, 0.1) is 0 Å². The number of pyridine rings is 1. The second-order valence-corrected chi connectivity index (χ2v) is 6.67. The van der Waals surface area contributed by atoms with Crippen LogP contribution < -0.4 is 15.0 Å². The molecule has 2 aromatic rings. The molecular weight excluding hydrogens is 314 g/mol. The Bertz CT molecular complexity index is 731. The van der Waals surface area contributed by atoms with Gasteiger partial charge in [-0.2, -0.15) is 0 Å². The summed E-state index contributed by atoms with van der Waals surface area (Å²) in [6, 6.07) is 11.8. The van der Waals surface area contributed by atoms with E-state index in [0.717, 1.165) is 35.8 Å². The number of nitrogens with zero attached hydrogens (tertiary/aromatic N) is 2. The predicted octanol–water partition coefficient (Wildman–Crippen LogP) is 2.69. The van der Waals surface area contributed by atoms with Gasteiger partial charge in [0.2, 0.25) is 0 Å². The van der Waals surface area contributed by atoms with E-state index in [2.05, 4.69) is 15.2 Å². The average Bonchev–Trinajstić information content (AvgIpc) is 3.11. The number of hydrogen-bond acceptors (Lipinski definition) is 4. The van der Waals surface area contributed by atoms with Crippen molar-refractivity contribution in [1.29, 1.82) is 0 Å². The van der Waals surface area contributed by atoms with E-state index < -0.39 is 6.10 Å². The number of anilines is 1. The lowest BCUT2D eigenvalue weighted by Crippen LogP contribution is -2.38. The minimum absolute atomic E-state index is 0.0651. The number of hydrogen-bond donors (Lipinski definition) is 1. The number of amides is 1. The first-order valence-corrected chi connectivity index (χ1v) is 9.02. The summed E-state index contributed by atoms with van der Waals surface area (Å²) in [7, 11) is 0. The van der Waals surface area contributed by atoms with Crippen LogP contribution in [0, 0.1) is 0 Å². The fraction of sp³-hybridized carbons (Fsp3) is 0.400. The van der Waals surface area contributed by atoms with Crippen LogP contribution in [0.4, 0.5) is 5.82 Å². The van der Waals surface area contributed by atoms with E-state index in [1.807, 2.05) is 42.6 Å². The number of para-hydroxylation sites is 1. The summed E-state index contributed by atoms with van der Waals surface area (Å²) in [5.41, 5.74) is 2.16. The number of carbonyl (C=O) groups is 1. The first-order valence-electron chi connectivity index (χ1n) is 9.02. The van der Waals surface area contributed by atoms with Crippen molar-refractivity contribution >= 4 is 11.7 Å². The molecule has 0 aliphatic carbocycles. The third-order valence-electron chi connectivity index (χ3n) is 4.92. The highest BCUT2D eigenvalue weighted by molar-refractivity contribution is 5.82. The highest BCUT2D eigenvalue weighted by Gasteiger charge is 2.28. The molecule has 2 aliphatic heterocycles. The Morgan fingerprint density at radius 3 is 2.84 bits per heavy atom. The van der Waals surface area contributed by atoms with Crippen molar-refractivity contribution in [2.75, 3.05) is 18.0 Å². The van der Waals surface area contributed by atoms with E-state index in [1.165, 1.54) is 19.3 Å². The SMILES string of the molecule is O=C(NCc1cccnc1N1CCCCC1)[C@@H]1Cc2ccccc2O1. The number of carbonyl (C=O) groups excluding carboxylic acids is 1. The molecule has 2 aliphatic rings. The van der Waals surface area contributed by atoms with Gasteiger partial charge >= 0.3 is 0 Å². The molecule has 1 saturated heterocycles. The molecule has 130 valence electrons. The minimum atomic E-state index is -0.437. The lowest BCUT2D eigenvalue weighted by Gasteiger charge is -2.29. The van der Waals surface area contributed by atoms with E-state index >= 15 is 0 Å². The predicted molar refractivity (Wildman–Crippen MR) is 96.7 cm³/mol. The van der Waals surface area contributed by atoms with Gasteiger partial charge in [-0.3, -0.25) is 4.79 Å². The van der Waals surface area contributed by atoms with Crippen LogP contribution in [0.1, 0.15) is 30.4 Å². The molecule has 1 atom stereocenters. The summed E-state index contributed by atoms with van der Waals surface area (Å²) >= 11 is 0. The number of benzene rings is 1. The topological polar surface area (TPSA) is 54.5 Å². The van der Waals surface area contributed by atoms with Crippen molar-refractivity contribution in [1.82, 2.24) is 10.3 Å². The van der Waals surface area contributed by atoms with E-state index in [0.29, 0.717) is 13.0 Å². The summed E-state index contributed by atoms with van der Waals surface area (Å²) in [4.78, 5) is 19.4. The summed E-state index contributed by atoms with van der Waals surface area (Å²) in [5.74, 6) is 1.75. The van der Waals surface area contributed by atoms with Crippen LogP contribution in [0.2, 0.25) is 0 Å². The average molecular weight is 337 g/mol. The van der Waals surface area contributed by atoms with Gasteiger partial charge in [0.25, 0.3) is 5.91 Å². The van der Waals surface area contributed by atoms with Gasteiger partial charge in [-0.15, -0.1) is 0 Å². The van der Waals surface area contributed by atoms with Gasteiger partial charge in [-0.1, -0.05) is 24.3 Å². The van der Waals surface area contributed by atoms with Crippen molar-refractivity contribution in [3.05, 3.63) is 53.7 Å². The van der Waals surface area contributed by atoms with Crippen molar-refractivity contribution in [3.8, 4) is 5.75 Å². The van der Waals surface area contributed by atoms with Crippen LogP contribution in [0.25, 0.3) is 0 Å². The summed E-state index contributed by atoms with van der Waals surface area (Å²) < 4.78 is 5.77. The minimum Gasteiger partial charge on any atom is -0.480 e. The van der Waals surface area contributed by atoms with Crippen LogP contribution in [0.5, 0.6) is 5.75 Å². The number of piperidine rings is 1. The fourth-order valence-corrected chi connectivity index (χ4v) is 3.58. The third-order valence-corrected chi connectivity index (χ3v) is 4.92. The highest BCUT2D eigenvalue weighted by atomic mass is 16.5. The Kier molecular flexibility index (Phi) is 4.55. The maximum Gasteiger partial charge on any atom is 0.261 e. The second kappa shape index (κ2) is 7.13. The first kappa shape index (κ1) is 15.9.